The van der Waals surface area contributed by atoms with Gasteiger partial charge in [0.15, 0.2) is 9.84 Å². The Hall–Kier alpha value is -1.07. The van der Waals surface area contributed by atoms with Gasteiger partial charge >= 0.3 is 0 Å². The van der Waals surface area contributed by atoms with Gasteiger partial charge in [-0.1, -0.05) is 6.07 Å². The Morgan fingerprint density at radius 1 is 1.53 bits per heavy atom. The van der Waals surface area contributed by atoms with Crippen molar-refractivity contribution in [2.75, 3.05) is 13.7 Å². The zero-order chi connectivity index (χ0) is 11.1. The Morgan fingerprint density at radius 2 is 2.27 bits per heavy atom. The first-order valence-corrected chi connectivity index (χ1v) is 6.25. The maximum Gasteiger partial charge on any atom is 0.183 e. The first kappa shape index (κ1) is 10.4. The van der Waals surface area contributed by atoms with Crippen LogP contribution in [0.25, 0.3) is 0 Å². The molecule has 1 aliphatic rings. The van der Waals surface area contributed by atoms with E-state index in [-0.39, 0.29) is 6.54 Å². The van der Waals surface area contributed by atoms with Crippen molar-refractivity contribution >= 4 is 9.84 Å². The second-order valence-corrected chi connectivity index (χ2v) is 5.74. The van der Waals surface area contributed by atoms with Crippen LogP contribution < -0.4 is 10.5 Å². The first-order chi connectivity index (χ1) is 7.11. The zero-order valence-electron chi connectivity index (χ0n) is 8.43. The molecule has 0 aliphatic carbocycles. The molecule has 1 aromatic carbocycles. The molecule has 1 aliphatic heterocycles. The first-order valence-electron chi connectivity index (χ1n) is 4.71. The fraction of sp³-hybridized carbons (Fsp3) is 0.400. The Labute approximate surface area is 89.0 Å². The van der Waals surface area contributed by atoms with Crippen molar-refractivity contribution in [2.24, 2.45) is 5.73 Å². The van der Waals surface area contributed by atoms with E-state index in [0.29, 0.717) is 17.1 Å². The Morgan fingerprint density at radius 3 is 2.87 bits per heavy atom. The van der Waals surface area contributed by atoms with E-state index in [0.717, 1.165) is 5.56 Å². The molecule has 4 nitrogen and oxygen atoms in total. The van der Waals surface area contributed by atoms with Crippen LogP contribution in [0.15, 0.2) is 23.1 Å². The standard InChI is InChI=1S/C10H13NO3S/c1-14-9-3-2-4-10-8(9)5-7(6-11)15(10,12)13/h2-4,7H,5-6,11H2,1H3. The van der Waals surface area contributed by atoms with Crippen LogP contribution in [0, 0.1) is 0 Å². The molecule has 2 N–H and O–H groups in total. The van der Waals surface area contributed by atoms with Crippen LogP contribution in [0.2, 0.25) is 0 Å². The van der Waals surface area contributed by atoms with Crippen LogP contribution in [0.1, 0.15) is 5.56 Å². The molecule has 1 unspecified atom stereocenters. The third kappa shape index (κ3) is 1.42. The van der Waals surface area contributed by atoms with Gasteiger partial charge in [-0.15, -0.1) is 0 Å². The highest BCUT2D eigenvalue weighted by atomic mass is 32.2. The topological polar surface area (TPSA) is 69.4 Å². The van der Waals surface area contributed by atoms with Crippen LogP contribution in [0.3, 0.4) is 0 Å². The maximum absolute atomic E-state index is 11.9. The molecule has 0 radical (unpaired) electrons. The highest BCUT2D eigenvalue weighted by molar-refractivity contribution is 7.92. The summed E-state index contributed by atoms with van der Waals surface area (Å²) in [5.74, 6) is 0.632. The molecular formula is C10H13NO3S. The lowest BCUT2D eigenvalue weighted by atomic mass is 10.1. The van der Waals surface area contributed by atoms with E-state index in [1.807, 2.05) is 0 Å². The van der Waals surface area contributed by atoms with Gasteiger partial charge in [0.2, 0.25) is 0 Å². The number of rotatable bonds is 2. The molecule has 1 atom stereocenters. The van der Waals surface area contributed by atoms with E-state index in [1.54, 1.807) is 18.2 Å². The molecule has 5 heteroatoms. The number of hydrogen-bond donors (Lipinski definition) is 1. The molecule has 0 saturated carbocycles. The molecular weight excluding hydrogens is 214 g/mol. The van der Waals surface area contributed by atoms with Gasteiger partial charge in [0, 0.05) is 12.1 Å². The number of ether oxygens (including phenoxy) is 1. The summed E-state index contributed by atoms with van der Waals surface area (Å²) in [6, 6.07) is 5.07. The predicted molar refractivity (Wildman–Crippen MR) is 56.7 cm³/mol. The number of methoxy groups -OCH3 is 1. The minimum atomic E-state index is -3.23. The van der Waals surface area contributed by atoms with Gasteiger partial charge in [0.25, 0.3) is 0 Å². The summed E-state index contributed by atoms with van der Waals surface area (Å²) in [7, 11) is -1.69. The van der Waals surface area contributed by atoms with Gasteiger partial charge in [0.1, 0.15) is 5.75 Å². The van der Waals surface area contributed by atoms with Crippen molar-refractivity contribution in [1.82, 2.24) is 0 Å². The van der Waals surface area contributed by atoms with Crippen molar-refractivity contribution in [2.45, 2.75) is 16.6 Å². The molecule has 0 saturated heterocycles. The lowest BCUT2D eigenvalue weighted by Crippen LogP contribution is -2.26. The van der Waals surface area contributed by atoms with E-state index in [2.05, 4.69) is 0 Å². The summed E-state index contributed by atoms with van der Waals surface area (Å²) in [4.78, 5) is 0.373. The Bertz CT molecular complexity index is 481. The normalized spacial score (nSPS) is 22.4. The summed E-state index contributed by atoms with van der Waals surface area (Å²) in [6.45, 7) is 0.153. The number of nitrogens with two attached hydrogens (primary N) is 1. The molecule has 0 spiro atoms. The van der Waals surface area contributed by atoms with Crippen LogP contribution >= 0.6 is 0 Å². The third-order valence-electron chi connectivity index (χ3n) is 2.75. The molecule has 0 fully saturated rings. The third-order valence-corrected chi connectivity index (χ3v) is 4.98. The lowest BCUT2D eigenvalue weighted by molar-refractivity contribution is 0.408. The van der Waals surface area contributed by atoms with Gasteiger partial charge in [-0.3, -0.25) is 0 Å². The van der Waals surface area contributed by atoms with Gasteiger partial charge in [0.05, 0.1) is 17.3 Å². The average Bonchev–Trinajstić information content (AvgIpc) is 2.50. The smallest absolute Gasteiger partial charge is 0.183 e. The molecule has 2 rings (SSSR count). The molecule has 1 heterocycles. The van der Waals surface area contributed by atoms with E-state index < -0.39 is 15.1 Å². The molecule has 0 aromatic heterocycles. The minimum absolute atomic E-state index is 0.153. The number of sulfone groups is 1. The van der Waals surface area contributed by atoms with Gasteiger partial charge in [-0.05, 0) is 18.6 Å². The fourth-order valence-corrected chi connectivity index (χ4v) is 3.73. The molecule has 0 amide bonds. The van der Waals surface area contributed by atoms with Gasteiger partial charge in [-0.25, -0.2) is 8.42 Å². The Kier molecular flexibility index (Phi) is 2.44. The van der Waals surface area contributed by atoms with Crippen LogP contribution in [0.4, 0.5) is 0 Å². The van der Waals surface area contributed by atoms with E-state index in [1.165, 1.54) is 7.11 Å². The zero-order valence-corrected chi connectivity index (χ0v) is 9.25. The molecule has 15 heavy (non-hydrogen) atoms. The SMILES string of the molecule is COc1cccc2c1CC(CN)S2(=O)=O. The van der Waals surface area contributed by atoms with Crippen LogP contribution in [-0.4, -0.2) is 27.3 Å². The Balaban J connectivity index is 2.62. The van der Waals surface area contributed by atoms with Crippen molar-refractivity contribution in [3.63, 3.8) is 0 Å². The highest BCUT2D eigenvalue weighted by Crippen LogP contribution is 2.36. The van der Waals surface area contributed by atoms with Gasteiger partial charge < -0.3 is 10.5 Å². The molecule has 0 bridgehead atoms. The minimum Gasteiger partial charge on any atom is -0.496 e. The number of hydrogen-bond acceptors (Lipinski definition) is 4. The summed E-state index contributed by atoms with van der Waals surface area (Å²) >= 11 is 0. The van der Waals surface area contributed by atoms with Crippen LogP contribution in [0.5, 0.6) is 5.75 Å². The molecule has 1 aromatic rings. The quantitative estimate of drug-likeness (QED) is 0.791. The average molecular weight is 227 g/mol. The summed E-state index contributed by atoms with van der Waals surface area (Å²) < 4.78 is 29.0. The summed E-state index contributed by atoms with van der Waals surface area (Å²) in [5.41, 5.74) is 6.22. The largest absolute Gasteiger partial charge is 0.496 e. The van der Waals surface area contributed by atoms with E-state index in [4.69, 9.17) is 10.5 Å². The van der Waals surface area contributed by atoms with Crippen molar-refractivity contribution in [3.8, 4) is 5.75 Å². The molecule has 82 valence electrons. The predicted octanol–water partition coefficient (Wildman–Crippen LogP) is 0.352. The maximum atomic E-state index is 11.9. The van der Waals surface area contributed by atoms with E-state index >= 15 is 0 Å². The van der Waals surface area contributed by atoms with Gasteiger partial charge in [-0.2, -0.15) is 0 Å². The lowest BCUT2D eigenvalue weighted by Gasteiger charge is -2.04. The highest BCUT2D eigenvalue weighted by Gasteiger charge is 2.37. The summed E-state index contributed by atoms with van der Waals surface area (Å²) in [6.07, 6.45) is 0.457. The monoisotopic (exact) mass is 227 g/mol. The van der Waals surface area contributed by atoms with Crippen LogP contribution in [-0.2, 0) is 16.3 Å². The van der Waals surface area contributed by atoms with Crippen molar-refractivity contribution in [1.29, 1.82) is 0 Å². The van der Waals surface area contributed by atoms with E-state index in [9.17, 15) is 8.42 Å². The number of fused-ring (bicyclic) bond motifs is 1. The van der Waals surface area contributed by atoms with Crippen molar-refractivity contribution < 1.29 is 13.2 Å². The number of benzene rings is 1. The second kappa shape index (κ2) is 3.50. The summed E-state index contributed by atoms with van der Waals surface area (Å²) in [5, 5.41) is -0.496. The van der Waals surface area contributed by atoms with Crippen molar-refractivity contribution in [3.05, 3.63) is 23.8 Å². The second-order valence-electron chi connectivity index (χ2n) is 3.54. The fourth-order valence-electron chi connectivity index (χ4n) is 1.93.